The van der Waals surface area contributed by atoms with Crippen molar-refractivity contribution in [3.63, 3.8) is 0 Å². The molecule has 2 aromatic heterocycles. The number of hydrogen-bond donors (Lipinski definition) is 3. The van der Waals surface area contributed by atoms with Crippen LogP contribution in [0.4, 0.5) is 5.69 Å². The molecule has 3 atom stereocenters. The van der Waals surface area contributed by atoms with Gasteiger partial charge in [0.25, 0.3) is 11.5 Å². The summed E-state index contributed by atoms with van der Waals surface area (Å²) in [6.45, 7) is 7.23. The van der Waals surface area contributed by atoms with Crippen LogP contribution in [0, 0.1) is 13.8 Å². The number of likely N-dealkylation sites (tertiary alicyclic amines) is 1. The van der Waals surface area contributed by atoms with Crippen LogP contribution in [-0.4, -0.2) is 67.8 Å². The molecule has 266 valence electrons. The smallest absolute Gasteiger partial charge is 0.330 e. The number of aromatic nitrogens is 3. The summed E-state index contributed by atoms with van der Waals surface area (Å²) in [7, 11) is 2.99. The van der Waals surface area contributed by atoms with Crippen molar-refractivity contribution in [2.24, 2.45) is 7.05 Å². The molecule has 2 aromatic carbocycles. The van der Waals surface area contributed by atoms with Gasteiger partial charge in [-0.15, -0.1) is 0 Å². The van der Waals surface area contributed by atoms with E-state index in [2.05, 4.69) is 34.6 Å². The number of pyridine rings is 1. The van der Waals surface area contributed by atoms with Crippen LogP contribution in [0.1, 0.15) is 71.3 Å². The van der Waals surface area contributed by atoms with Crippen molar-refractivity contribution in [3.05, 3.63) is 97.3 Å². The van der Waals surface area contributed by atoms with E-state index in [0.29, 0.717) is 18.0 Å². The number of fused-ring (bicyclic) bond motifs is 1. The number of rotatable bonds is 8. The molecule has 2 aliphatic heterocycles. The molecule has 0 saturated carbocycles. The van der Waals surface area contributed by atoms with Gasteiger partial charge in [-0.05, 0) is 86.4 Å². The van der Waals surface area contributed by atoms with E-state index >= 15 is 0 Å². The minimum Gasteiger partial charge on any atom is -0.481 e. The standard InChI is InChI=1S/C39H44N6O6/c1-22(46)19-45-20-29(37(49)43(4)38(45)50)35(48)40-30-11-7-9-27(24(30)3)26-8-6-10-28(23(26)2)31-18-25-12-13-32(34(25)36(41-31)51-5)44-17-16-39(21-44)15-14-33(47)42-39/h6-11,18,20,22,32,46H,12-17,19,21H2,1-5H3,(H,40,48)(H,42,47)/t22-,32?,39-/m1/s1. The highest BCUT2D eigenvalue weighted by Gasteiger charge is 2.46. The Hall–Kier alpha value is -5.07. The molecule has 51 heavy (non-hydrogen) atoms. The minimum absolute atomic E-state index is 0.0527. The number of carbonyl (C=O) groups is 2. The molecule has 2 saturated heterocycles. The summed E-state index contributed by atoms with van der Waals surface area (Å²) < 4.78 is 7.99. The van der Waals surface area contributed by atoms with E-state index in [4.69, 9.17) is 9.72 Å². The van der Waals surface area contributed by atoms with Crippen LogP contribution in [0.3, 0.4) is 0 Å². The van der Waals surface area contributed by atoms with Gasteiger partial charge in [-0.3, -0.25) is 28.4 Å². The van der Waals surface area contributed by atoms with Crippen LogP contribution in [0.5, 0.6) is 5.88 Å². The number of aryl methyl sites for hydroxylation is 1. The zero-order valence-electron chi connectivity index (χ0n) is 29.7. The van der Waals surface area contributed by atoms with Crippen molar-refractivity contribution in [3.8, 4) is 28.3 Å². The van der Waals surface area contributed by atoms with Crippen LogP contribution in [0.15, 0.2) is 58.3 Å². The highest BCUT2D eigenvalue weighted by Crippen LogP contribution is 2.46. The summed E-state index contributed by atoms with van der Waals surface area (Å²) in [5.41, 5.74) is 6.79. The van der Waals surface area contributed by atoms with Gasteiger partial charge in [0.1, 0.15) is 5.56 Å². The molecular formula is C39H44N6O6. The van der Waals surface area contributed by atoms with Crippen LogP contribution in [0.25, 0.3) is 22.4 Å². The van der Waals surface area contributed by atoms with E-state index in [-0.39, 0.29) is 29.6 Å². The van der Waals surface area contributed by atoms with Crippen LogP contribution < -0.4 is 26.6 Å². The third-order valence-electron chi connectivity index (χ3n) is 10.9. The maximum atomic E-state index is 13.4. The van der Waals surface area contributed by atoms with Gasteiger partial charge in [0.2, 0.25) is 11.8 Å². The Balaban J connectivity index is 1.18. The zero-order valence-corrected chi connectivity index (χ0v) is 29.7. The van der Waals surface area contributed by atoms with Gasteiger partial charge in [-0.1, -0.05) is 30.3 Å². The molecule has 12 heteroatoms. The van der Waals surface area contributed by atoms with Crippen LogP contribution in [-0.2, 0) is 24.8 Å². The molecular weight excluding hydrogens is 648 g/mol. The minimum atomic E-state index is -0.843. The molecule has 0 radical (unpaired) electrons. The fourth-order valence-corrected chi connectivity index (χ4v) is 8.25. The Bertz CT molecular complexity index is 2190. The topological polar surface area (TPSA) is 148 Å². The Labute approximate surface area is 296 Å². The Morgan fingerprint density at radius 1 is 1.08 bits per heavy atom. The SMILES string of the molecule is COc1nc(-c2cccc(-c3cccc(NC(=O)c4cn(C[C@@H](C)O)c(=O)n(C)c4=O)c3C)c2C)cc2c1C(N1CC[C@]3(CCC(=O)N3)C1)CC2. The highest BCUT2D eigenvalue weighted by molar-refractivity contribution is 6.04. The normalized spacial score (nSPS) is 20.4. The number of amides is 2. The van der Waals surface area contributed by atoms with Gasteiger partial charge in [0.05, 0.1) is 31.0 Å². The van der Waals surface area contributed by atoms with Crippen LogP contribution >= 0.6 is 0 Å². The second-order valence-corrected chi connectivity index (χ2v) is 14.3. The third-order valence-corrected chi connectivity index (χ3v) is 10.9. The fraction of sp³-hybridized carbons (Fsp3) is 0.410. The average Bonchev–Trinajstić information content (AvgIpc) is 3.83. The maximum Gasteiger partial charge on any atom is 0.330 e. The van der Waals surface area contributed by atoms with Crippen molar-refractivity contribution < 1.29 is 19.4 Å². The molecule has 1 aliphatic carbocycles. The second kappa shape index (κ2) is 13.2. The molecule has 4 aromatic rings. The van der Waals surface area contributed by atoms with Gasteiger partial charge in [0.15, 0.2) is 0 Å². The van der Waals surface area contributed by atoms with E-state index in [1.54, 1.807) is 13.2 Å². The molecule has 2 amide bonds. The maximum absolute atomic E-state index is 13.4. The van der Waals surface area contributed by atoms with Crippen molar-refractivity contribution in [1.29, 1.82) is 0 Å². The van der Waals surface area contributed by atoms with Crippen molar-refractivity contribution in [2.45, 2.75) is 77.1 Å². The van der Waals surface area contributed by atoms with E-state index in [1.807, 2.05) is 31.2 Å². The number of carbonyl (C=O) groups excluding carboxylic acids is 2. The largest absolute Gasteiger partial charge is 0.481 e. The molecule has 0 bridgehead atoms. The highest BCUT2D eigenvalue weighted by atomic mass is 16.5. The fourth-order valence-electron chi connectivity index (χ4n) is 8.25. The molecule has 1 unspecified atom stereocenters. The number of anilines is 1. The number of hydrogen-bond acceptors (Lipinski definition) is 8. The van der Waals surface area contributed by atoms with E-state index in [0.717, 1.165) is 82.4 Å². The molecule has 3 aliphatic rings. The predicted octanol–water partition coefficient (Wildman–Crippen LogP) is 3.88. The molecule has 2 fully saturated rings. The lowest BCUT2D eigenvalue weighted by atomic mass is 9.91. The lowest BCUT2D eigenvalue weighted by Crippen LogP contribution is -2.44. The van der Waals surface area contributed by atoms with E-state index in [1.165, 1.54) is 30.3 Å². The summed E-state index contributed by atoms with van der Waals surface area (Å²) in [4.78, 5) is 58.5. The Morgan fingerprint density at radius 3 is 2.51 bits per heavy atom. The number of nitrogens with zero attached hydrogens (tertiary/aromatic N) is 4. The first kappa shape index (κ1) is 34.4. The van der Waals surface area contributed by atoms with E-state index in [9.17, 15) is 24.3 Å². The van der Waals surface area contributed by atoms with E-state index < -0.39 is 23.3 Å². The number of ether oxygens (including phenoxy) is 1. The first-order chi connectivity index (χ1) is 24.4. The number of benzene rings is 2. The Kier molecular flexibility index (Phi) is 8.92. The number of methoxy groups -OCH3 is 1. The summed E-state index contributed by atoms with van der Waals surface area (Å²) >= 11 is 0. The monoisotopic (exact) mass is 692 g/mol. The first-order valence-corrected chi connectivity index (χ1v) is 17.5. The summed E-state index contributed by atoms with van der Waals surface area (Å²) in [5, 5.41) is 16.0. The van der Waals surface area contributed by atoms with Gasteiger partial charge in [-0.25, -0.2) is 9.78 Å². The molecule has 1 spiro atoms. The quantitative estimate of drug-likeness (QED) is 0.252. The summed E-state index contributed by atoms with van der Waals surface area (Å²) in [6.07, 6.45) is 4.71. The zero-order chi connectivity index (χ0) is 36.2. The predicted molar refractivity (Wildman–Crippen MR) is 194 cm³/mol. The molecule has 12 nitrogen and oxygen atoms in total. The first-order valence-electron chi connectivity index (χ1n) is 17.5. The van der Waals surface area contributed by atoms with Gasteiger partial charge >= 0.3 is 5.69 Å². The van der Waals surface area contributed by atoms with Crippen molar-refractivity contribution >= 4 is 17.5 Å². The molecule has 3 N–H and O–H groups in total. The molecule has 7 rings (SSSR count). The molecule has 4 heterocycles. The number of nitrogens with one attached hydrogen (secondary N) is 2. The average molecular weight is 693 g/mol. The third kappa shape index (κ3) is 6.16. The van der Waals surface area contributed by atoms with Gasteiger partial charge in [-0.2, -0.15) is 0 Å². The van der Waals surface area contributed by atoms with Gasteiger partial charge in [0, 0.05) is 55.6 Å². The van der Waals surface area contributed by atoms with Crippen molar-refractivity contribution in [2.75, 3.05) is 25.5 Å². The van der Waals surface area contributed by atoms with Gasteiger partial charge < -0.3 is 20.5 Å². The van der Waals surface area contributed by atoms with Crippen LogP contribution in [0.2, 0.25) is 0 Å². The van der Waals surface area contributed by atoms with Crippen molar-refractivity contribution in [1.82, 2.24) is 24.3 Å². The summed E-state index contributed by atoms with van der Waals surface area (Å²) in [5.74, 6) is 0.141. The lowest BCUT2D eigenvalue weighted by molar-refractivity contribution is -0.119. The summed E-state index contributed by atoms with van der Waals surface area (Å²) in [6, 6.07) is 14.1. The number of aliphatic hydroxyl groups is 1. The second-order valence-electron chi connectivity index (χ2n) is 14.3. The lowest BCUT2D eigenvalue weighted by Gasteiger charge is -2.28. The number of aliphatic hydroxyl groups excluding tert-OH is 1. The Morgan fingerprint density at radius 2 is 1.80 bits per heavy atom.